The van der Waals surface area contributed by atoms with Gasteiger partial charge in [0.2, 0.25) is 17.7 Å². The molecule has 2 heterocycles. The number of nitrogens with zero attached hydrogens (tertiary/aromatic N) is 2. The summed E-state index contributed by atoms with van der Waals surface area (Å²) in [7, 11) is 0. The molecule has 7 nitrogen and oxygen atoms in total. The molecule has 3 amide bonds. The Balaban J connectivity index is 1.47. The molecule has 1 atom stereocenters. The van der Waals surface area contributed by atoms with Gasteiger partial charge < -0.3 is 9.64 Å². The highest BCUT2D eigenvalue weighted by Crippen LogP contribution is 2.30. The van der Waals surface area contributed by atoms with E-state index in [1.165, 1.54) is 6.07 Å². The lowest BCUT2D eigenvalue weighted by Crippen LogP contribution is -2.29. The molecule has 4 rings (SSSR count). The van der Waals surface area contributed by atoms with E-state index >= 15 is 0 Å². The molecule has 2 saturated heterocycles. The van der Waals surface area contributed by atoms with Crippen LogP contribution in [0.1, 0.15) is 30.4 Å². The van der Waals surface area contributed by atoms with Gasteiger partial charge in [0.05, 0.1) is 11.6 Å². The van der Waals surface area contributed by atoms with Crippen molar-refractivity contribution < 1.29 is 23.9 Å². The van der Waals surface area contributed by atoms with Crippen molar-refractivity contribution >= 4 is 35.1 Å². The summed E-state index contributed by atoms with van der Waals surface area (Å²) in [5.74, 6) is -1.52. The Labute approximate surface area is 174 Å². The first-order valence-electron chi connectivity index (χ1n) is 9.88. The number of hydrogen-bond acceptors (Lipinski definition) is 5. The maximum atomic E-state index is 12.7. The molecule has 2 fully saturated rings. The standard InChI is InChI=1S/C23H22N2O5/c1-14-8-15(2)10-18(9-14)24-13-16(11-22(24)28)23(29)30-19-5-3-4-17(12-19)25-20(26)6-7-21(25)27/h3-5,8-10,12,16H,6-7,11,13H2,1-2H3/t16-/m1/s1. The predicted octanol–water partition coefficient (Wildman–Crippen LogP) is 2.92. The minimum absolute atomic E-state index is 0.0780. The zero-order chi connectivity index (χ0) is 21.4. The third-order valence-electron chi connectivity index (χ3n) is 5.32. The van der Waals surface area contributed by atoms with Crippen LogP contribution in [0.15, 0.2) is 42.5 Å². The van der Waals surface area contributed by atoms with Crippen LogP contribution in [0.4, 0.5) is 11.4 Å². The second kappa shape index (κ2) is 7.74. The minimum atomic E-state index is -0.586. The molecule has 0 saturated carbocycles. The van der Waals surface area contributed by atoms with E-state index < -0.39 is 11.9 Å². The van der Waals surface area contributed by atoms with Crippen molar-refractivity contribution in [3.05, 3.63) is 53.6 Å². The second-order valence-electron chi connectivity index (χ2n) is 7.79. The van der Waals surface area contributed by atoms with Crippen molar-refractivity contribution in [2.24, 2.45) is 5.92 Å². The van der Waals surface area contributed by atoms with Gasteiger partial charge in [-0.25, -0.2) is 0 Å². The van der Waals surface area contributed by atoms with Crippen molar-refractivity contribution in [1.29, 1.82) is 0 Å². The molecule has 0 N–H and O–H groups in total. The monoisotopic (exact) mass is 406 g/mol. The van der Waals surface area contributed by atoms with E-state index in [-0.39, 0.29) is 49.3 Å². The largest absolute Gasteiger partial charge is 0.426 e. The zero-order valence-corrected chi connectivity index (χ0v) is 16.9. The zero-order valence-electron chi connectivity index (χ0n) is 16.9. The Morgan fingerprint density at radius 2 is 1.57 bits per heavy atom. The summed E-state index contributed by atoms with van der Waals surface area (Å²) in [5.41, 5.74) is 3.26. The van der Waals surface area contributed by atoms with Crippen LogP contribution in [0.25, 0.3) is 0 Å². The molecule has 0 radical (unpaired) electrons. The third-order valence-corrected chi connectivity index (χ3v) is 5.32. The molecule has 0 spiro atoms. The number of esters is 1. The summed E-state index contributed by atoms with van der Waals surface area (Å²) in [6.45, 7) is 4.18. The highest BCUT2D eigenvalue weighted by atomic mass is 16.5. The van der Waals surface area contributed by atoms with E-state index in [1.807, 2.05) is 32.0 Å². The fraction of sp³-hybridized carbons (Fsp3) is 0.304. The average Bonchev–Trinajstić information content (AvgIpc) is 3.23. The number of benzene rings is 2. The quantitative estimate of drug-likeness (QED) is 0.443. The topological polar surface area (TPSA) is 84.0 Å². The summed E-state index contributed by atoms with van der Waals surface area (Å²) in [6, 6.07) is 12.2. The van der Waals surface area contributed by atoms with Crippen LogP contribution in [-0.2, 0) is 19.2 Å². The lowest BCUT2D eigenvalue weighted by atomic mass is 10.1. The molecule has 0 aromatic heterocycles. The van der Waals surface area contributed by atoms with Crippen molar-refractivity contribution in [1.82, 2.24) is 0 Å². The number of amides is 3. The maximum absolute atomic E-state index is 12.7. The Morgan fingerprint density at radius 1 is 0.900 bits per heavy atom. The van der Waals surface area contributed by atoms with Gasteiger partial charge in [-0.1, -0.05) is 12.1 Å². The summed E-state index contributed by atoms with van der Waals surface area (Å²) < 4.78 is 5.48. The third kappa shape index (κ3) is 3.83. The van der Waals surface area contributed by atoms with Crippen LogP contribution in [-0.4, -0.2) is 30.2 Å². The van der Waals surface area contributed by atoms with E-state index in [0.29, 0.717) is 5.69 Å². The first-order chi connectivity index (χ1) is 14.3. The van der Waals surface area contributed by atoms with Crippen molar-refractivity contribution in [3.8, 4) is 5.75 Å². The lowest BCUT2D eigenvalue weighted by molar-refractivity contribution is -0.139. The van der Waals surface area contributed by atoms with Crippen LogP contribution in [0, 0.1) is 19.8 Å². The Hall–Kier alpha value is -3.48. The van der Waals surface area contributed by atoms with Gasteiger partial charge in [0.1, 0.15) is 5.75 Å². The van der Waals surface area contributed by atoms with Gasteiger partial charge in [-0.05, 0) is 49.2 Å². The minimum Gasteiger partial charge on any atom is -0.426 e. The van der Waals surface area contributed by atoms with Gasteiger partial charge in [-0.15, -0.1) is 0 Å². The van der Waals surface area contributed by atoms with Gasteiger partial charge >= 0.3 is 5.97 Å². The second-order valence-corrected chi connectivity index (χ2v) is 7.79. The average molecular weight is 406 g/mol. The van der Waals surface area contributed by atoms with E-state index in [1.54, 1.807) is 23.1 Å². The van der Waals surface area contributed by atoms with Crippen molar-refractivity contribution in [2.45, 2.75) is 33.1 Å². The molecule has 2 aliphatic heterocycles. The van der Waals surface area contributed by atoms with Crippen LogP contribution in [0.2, 0.25) is 0 Å². The summed E-state index contributed by atoms with van der Waals surface area (Å²) in [6.07, 6.45) is 0.442. The fourth-order valence-electron chi connectivity index (χ4n) is 3.97. The van der Waals surface area contributed by atoms with Gasteiger partial charge in [-0.3, -0.25) is 24.1 Å². The van der Waals surface area contributed by atoms with Crippen LogP contribution in [0.3, 0.4) is 0 Å². The number of aryl methyl sites for hydroxylation is 2. The lowest BCUT2D eigenvalue weighted by Gasteiger charge is -2.18. The van der Waals surface area contributed by atoms with E-state index in [0.717, 1.165) is 21.7 Å². The molecule has 30 heavy (non-hydrogen) atoms. The molecule has 0 aliphatic carbocycles. The van der Waals surface area contributed by atoms with E-state index in [2.05, 4.69) is 0 Å². The number of imide groups is 1. The van der Waals surface area contributed by atoms with Crippen LogP contribution < -0.4 is 14.5 Å². The first-order valence-corrected chi connectivity index (χ1v) is 9.88. The number of anilines is 2. The van der Waals surface area contributed by atoms with Crippen molar-refractivity contribution in [2.75, 3.05) is 16.3 Å². The van der Waals surface area contributed by atoms with Crippen LogP contribution >= 0.6 is 0 Å². The SMILES string of the molecule is Cc1cc(C)cc(N2C[C@H](C(=O)Oc3cccc(N4C(=O)CCC4=O)c3)CC2=O)c1. The van der Waals surface area contributed by atoms with Crippen LogP contribution in [0.5, 0.6) is 5.75 Å². The molecule has 154 valence electrons. The van der Waals surface area contributed by atoms with E-state index in [9.17, 15) is 19.2 Å². The number of ether oxygens (including phenoxy) is 1. The fourth-order valence-corrected chi connectivity index (χ4v) is 3.97. The number of carbonyl (C=O) groups is 4. The number of hydrogen-bond donors (Lipinski definition) is 0. The van der Waals surface area contributed by atoms with Gasteiger partial charge in [0.25, 0.3) is 0 Å². The summed E-state index contributed by atoms with van der Waals surface area (Å²) in [4.78, 5) is 51.8. The maximum Gasteiger partial charge on any atom is 0.316 e. The normalized spacial score (nSPS) is 19.0. The van der Waals surface area contributed by atoms with Gasteiger partial charge in [0, 0.05) is 37.6 Å². The molecule has 0 unspecified atom stereocenters. The molecule has 2 aromatic rings. The Bertz CT molecular complexity index is 1030. The first kappa shape index (κ1) is 19.8. The Kier molecular flexibility index (Phi) is 5.11. The molecular formula is C23H22N2O5. The summed E-state index contributed by atoms with van der Waals surface area (Å²) in [5, 5.41) is 0. The molecule has 7 heteroatoms. The summed E-state index contributed by atoms with van der Waals surface area (Å²) >= 11 is 0. The smallest absolute Gasteiger partial charge is 0.316 e. The molecular weight excluding hydrogens is 384 g/mol. The highest BCUT2D eigenvalue weighted by molar-refractivity contribution is 6.19. The molecule has 2 aliphatic rings. The number of carbonyl (C=O) groups excluding carboxylic acids is 4. The van der Waals surface area contributed by atoms with E-state index in [4.69, 9.17) is 4.74 Å². The highest BCUT2D eigenvalue weighted by Gasteiger charge is 2.37. The molecule has 0 bridgehead atoms. The Morgan fingerprint density at radius 3 is 2.23 bits per heavy atom. The van der Waals surface area contributed by atoms with Gasteiger partial charge in [-0.2, -0.15) is 0 Å². The predicted molar refractivity (Wildman–Crippen MR) is 110 cm³/mol. The molecule has 2 aromatic carbocycles. The van der Waals surface area contributed by atoms with Gasteiger partial charge in [0.15, 0.2) is 0 Å². The van der Waals surface area contributed by atoms with Crippen molar-refractivity contribution in [3.63, 3.8) is 0 Å². The number of rotatable bonds is 4.